The Labute approximate surface area is 138 Å². The van der Waals surface area contributed by atoms with Crippen LogP contribution in [0.5, 0.6) is 5.75 Å². The summed E-state index contributed by atoms with van der Waals surface area (Å²) in [7, 11) is 0. The van der Waals surface area contributed by atoms with Crippen molar-refractivity contribution in [3.8, 4) is 22.8 Å². The first-order valence-electron chi connectivity index (χ1n) is 7.42. The predicted molar refractivity (Wildman–Crippen MR) is 90.4 cm³/mol. The number of aromatic hydroxyl groups is 1. The molecule has 0 aliphatic carbocycles. The van der Waals surface area contributed by atoms with Crippen LogP contribution in [0.3, 0.4) is 0 Å². The van der Waals surface area contributed by atoms with Gasteiger partial charge in [-0.2, -0.15) is 0 Å². The van der Waals surface area contributed by atoms with E-state index < -0.39 is 0 Å². The van der Waals surface area contributed by atoms with Gasteiger partial charge in [0, 0.05) is 29.1 Å². The van der Waals surface area contributed by atoms with Crippen molar-refractivity contribution in [2.45, 2.75) is 12.8 Å². The Hall–Kier alpha value is -2.53. The molecular formula is C17H15ClN4O. The zero-order valence-corrected chi connectivity index (χ0v) is 13.2. The third-order valence-corrected chi connectivity index (χ3v) is 4.27. The van der Waals surface area contributed by atoms with Gasteiger partial charge in [-0.15, -0.1) is 10.2 Å². The van der Waals surface area contributed by atoms with E-state index in [1.54, 1.807) is 12.1 Å². The van der Waals surface area contributed by atoms with E-state index in [9.17, 15) is 5.11 Å². The SMILES string of the molecule is CC1CNc2cc(O)ccc2-n2c(-c3cccc(Cl)c3)nnc21. The minimum Gasteiger partial charge on any atom is -0.508 e. The maximum Gasteiger partial charge on any atom is 0.168 e. The van der Waals surface area contributed by atoms with Crippen LogP contribution in [-0.4, -0.2) is 26.4 Å². The average Bonchev–Trinajstić information content (AvgIpc) is 2.92. The number of rotatable bonds is 1. The molecule has 1 aliphatic heterocycles. The number of aromatic nitrogens is 3. The summed E-state index contributed by atoms with van der Waals surface area (Å²) in [6.07, 6.45) is 0. The number of fused-ring (bicyclic) bond motifs is 3. The van der Waals surface area contributed by atoms with Crippen LogP contribution in [0.4, 0.5) is 5.69 Å². The number of hydrogen-bond acceptors (Lipinski definition) is 4. The number of benzene rings is 2. The number of nitrogens with zero attached hydrogens (tertiary/aromatic N) is 3. The molecule has 116 valence electrons. The normalized spacial score (nSPS) is 16.2. The minimum atomic E-state index is 0.185. The highest BCUT2D eigenvalue weighted by atomic mass is 35.5. The molecule has 1 aromatic heterocycles. The molecular weight excluding hydrogens is 312 g/mol. The first-order chi connectivity index (χ1) is 11.1. The second-order valence-corrected chi connectivity index (χ2v) is 6.15. The fourth-order valence-corrected chi connectivity index (χ4v) is 3.07. The molecule has 2 heterocycles. The lowest BCUT2D eigenvalue weighted by molar-refractivity contribution is 0.475. The summed E-state index contributed by atoms with van der Waals surface area (Å²) in [6, 6.07) is 12.8. The second-order valence-electron chi connectivity index (χ2n) is 5.71. The van der Waals surface area contributed by atoms with Gasteiger partial charge in [-0.3, -0.25) is 4.57 Å². The van der Waals surface area contributed by atoms with E-state index in [0.717, 1.165) is 35.1 Å². The molecule has 3 aromatic rings. The maximum absolute atomic E-state index is 9.77. The molecule has 0 amide bonds. The summed E-state index contributed by atoms with van der Waals surface area (Å²) in [5.74, 6) is 2.04. The molecule has 0 saturated carbocycles. The van der Waals surface area contributed by atoms with E-state index in [4.69, 9.17) is 11.6 Å². The molecule has 2 N–H and O–H groups in total. The van der Waals surface area contributed by atoms with Crippen molar-refractivity contribution in [1.82, 2.24) is 14.8 Å². The smallest absolute Gasteiger partial charge is 0.168 e. The fraction of sp³-hybridized carbons (Fsp3) is 0.176. The van der Waals surface area contributed by atoms with E-state index in [1.165, 1.54) is 0 Å². The van der Waals surface area contributed by atoms with Crippen molar-refractivity contribution >= 4 is 17.3 Å². The Balaban J connectivity index is 1.99. The molecule has 0 saturated heterocycles. The van der Waals surface area contributed by atoms with Crippen molar-refractivity contribution in [3.05, 3.63) is 53.3 Å². The Morgan fingerprint density at radius 3 is 2.91 bits per heavy atom. The molecule has 0 bridgehead atoms. The monoisotopic (exact) mass is 326 g/mol. The van der Waals surface area contributed by atoms with E-state index in [2.05, 4.69) is 22.4 Å². The Morgan fingerprint density at radius 2 is 2.09 bits per heavy atom. The van der Waals surface area contributed by atoms with E-state index >= 15 is 0 Å². The van der Waals surface area contributed by atoms with Crippen molar-refractivity contribution in [1.29, 1.82) is 0 Å². The van der Waals surface area contributed by atoms with E-state index in [0.29, 0.717) is 5.02 Å². The largest absolute Gasteiger partial charge is 0.508 e. The third-order valence-electron chi connectivity index (χ3n) is 4.03. The maximum atomic E-state index is 9.77. The van der Waals surface area contributed by atoms with Crippen LogP contribution >= 0.6 is 11.6 Å². The van der Waals surface area contributed by atoms with Crippen molar-refractivity contribution in [3.63, 3.8) is 0 Å². The number of hydrogen-bond donors (Lipinski definition) is 2. The summed E-state index contributed by atoms with van der Waals surface area (Å²) in [6.45, 7) is 2.82. The molecule has 2 aromatic carbocycles. The molecule has 1 aliphatic rings. The van der Waals surface area contributed by atoms with Crippen molar-refractivity contribution in [2.24, 2.45) is 0 Å². The van der Waals surface area contributed by atoms with Crippen LogP contribution in [-0.2, 0) is 0 Å². The van der Waals surface area contributed by atoms with Gasteiger partial charge >= 0.3 is 0 Å². The summed E-state index contributed by atoms with van der Waals surface area (Å²) in [5.41, 5.74) is 2.69. The minimum absolute atomic E-state index is 0.185. The highest BCUT2D eigenvalue weighted by Crippen LogP contribution is 2.35. The van der Waals surface area contributed by atoms with Crippen LogP contribution in [0, 0.1) is 0 Å². The van der Waals surface area contributed by atoms with Gasteiger partial charge in [-0.1, -0.05) is 30.7 Å². The van der Waals surface area contributed by atoms with E-state index in [-0.39, 0.29) is 11.7 Å². The van der Waals surface area contributed by atoms with Crippen LogP contribution in [0.2, 0.25) is 5.02 Å². The van der Waals surface area contributed by atoms with Gasteiger partial charge in [0.2, 0.25) is 0 Å². The molecule has 5 nitrogen and oxygen atoms in total. The number of phenols is 1. The van der Waals surface area contributed by atoms with Gasteiger partial charge in [0.15, 0.2) is 5.82 Å². The predicted octanol–water partition coefficient (Wildman–Crippen LogP) is 3.82. The second kappa shape index (κ2) is 5.28. The quantitative estimate of drug-likeness (QED) is 0.713. The first kappa shape index (κ1) is 14.1. The van der Waals surface area contributed by atoms with Gasteiger partial charge in [0.25, 0.3) is 0 Å². The molecule has 6 heteroatoms. The van der Waals surface area contributed by atoms with Crippen molar-refractivity contribution in [2.75, 3.05) is 11.9 Å². The lowest BCUT2D eigenvalue weighted by atomic mass is 10.1. The molecule has 0 fully saturated rings. The molecule has 0 radical (unpaired) electrons. The van der Waals surface area contributed by atoms with Gasteiger partial charge in [0.1, 0.15) is 11.6 Å². The fourth-order valence-electron chi connectivity index (χ4n) is 2.88. The zero-order chi connectivity index (χ0) is 16.0. The third kappa shape index (κ3) is 2.33. The van der Waals surface area contributed by atoms with Crippen LogP contribution in [0.1, 0.15) is 18.7 Å². The Kier molecular flexibility index (Phi) is 3.23. The lowest BCUT2D eigenvalue weighted by Gasteiger charge is -2.12. The molecule has 23 heavy (non-hydrogen) atoms. The lowest BCUT2D eigenvalue weighted by Crippen LogP contribution is -2.09. The molecule has 0 spiro atoms. The number of nitrogens with one attached hydrogen (secondary N) is 1. The summed E-state index contributed by atoms with van der Waals surface area (Å²) < 4.78 is 2.03. The average molecular weight is 327 g/mol. The summed E-state index contributed by atoms with van der Waals surface area (Å²) >= 11 is 6.12. The molecule has 1 atom stereocenters. The number of phenolic OH excluding ortho intramolecular Hbond substituents is 1. The van der Waals surface area contributed by atoms with Crippen LogP contribution < -0.4 is 5.32 Å². The zero-order valence-electron chi connectivity index (χ0n) is 12.5. The van der Waals surface area contributed by atoms with Gasteiger partial charge < -0.3 is 10.4 Å². The molecule has 1 unspecified atom stereocenters. The van der Waals surface area contributed by atoms with Crippen molar-refractivity contribution < 1.29 is 5.11 Å². The Morgan fingerprint density at radius 1 is 1.22 bits per heavy atom. The highest BCUT2D eigenvalue weighted by Gasteiger charge is 2.25. The van der Waals surface area contributed by atoms with Crippen LogP contribution in [0.25, 0.3) is 17.1 Å². The summed E-state index contributed by atoms with van der Waals surface area (Å²) in [5, 5.41) is 22.6. The highest BCUT2D eigenvalue weighted by molar-refractivity contribution is 6.30. The standard InChI is InChI=1S/C17H15ClN4O/c1-10-9-19-14-8-13(23)5-6-15(14)22-16(10)20-21-17(22)11-3-2-4-12(18)7-11/h2-8,10,19,23H,9H2,1H3. The van der Waals surface area contributed by atoms with Gasteiger partial charge in [0.05, 0.1) is 11.4 Å². The first-order valence-corrected chi connectivity index (χ1v) is 7.80. The Bertz CT molecular complexity index is 890. The molecule has 4 rings (SSSR count). The number of anilines is 1. The number of halogens is 1. The summed E-state index contributed by atoms with van der Waals surface area (Å²) in [4.78, 5) is 0. The van der Waals surface area contributed by atoms with E-state index in [1.807, 2.05) is 34.9 Å². The topological polar surface area (TPSA) is 63.0 Å². The van der Waals surface area contributed by atoms with Gasteiger partial charge in [-0.25, -0.2) is 0 Å². The van der Waals surface area contributed by atoms with Crippen LogP contribution in [0.15, 0.2) is 42.5 Å². The van der Waals surface area contributed by atoms with Gasteiger partial charge in [-0.05, 0) is 24.3 Å².